The monoisotopic (exact) mass is 448 g/mol. The van der Waals surface area contributed by atoms with Gasteiger partial charge in [-0.2, -0.15) is 13.2 Å². The van der Waals surface area contributed by atoms with Crippen LogP contribution in [-0.4, -0.2) is 16.6 Å². The topological polar surface area (TPSA) is 35.0 Å². The summed E-state index contributed by atoms with van der Waals surface area (Å²) in [6.07, 6.45) is 4.95. The van der Waals surface area contributed by atoms with E-state index in [4.69, 9.17) is 4.74 Å². The molecule has 0 unspecified atom stereocenters. The molecule has 0 amide bonds. The first-order valence-electron chi connectivity index (χ1n) is 10.6. The van der Waals surface area contributed by atoms with Gasteiger partial charge in [0.05, 0.1) is 22.9 Å². The molecule has 0 aliphatic heterocycles. The molecule has 7 heteroatoms. The fourth-order valence-electron chi connectivity index (χ4n) is 3.31. The Balaban J connectivity index is 1.60. The quantitative estimate of drug-likeness (QED) is 0.300. The van der Waals surface area contributed by atoms with Gasteiger partial charge in [0, 0.05) is 24.2 Å². The van der Waals surface area contributed by atoms with E-state index in [-0.39, 0.29) is 5.75 Å². The second-order valence-corrected chi connectivity index (χ2v) is 8.45. The van der Waals surface area contributed by atoms with E-state index in [2.05, 4.69) is 16.0 Å². The molecule has 0 atom stereocenters. The molecular formula is C24H27F3N2OS. The number of benzene rings is 1. The zero-order chi connectivity index (χ0) is 22.1. The van der Waals surface area contributed by atoms with E-state index in [0.29, 0.717) is 18.6 Å². The van der Waals surface area contributed by atoms with Crippen molar-refractivity contribution in [3.05, 3.63) is 75.5 Å². The van der Waals surface area contributed by atoms with Crippen LogP contribution in [0, 0.1) is 0 Å². The van der Waals surface area contributed by atoms with Crippen LogP contribution in [0.2, 0.25) is 0 Å². The van der Waals surface area contributed by atoms with Crippen molar-refractivity contribution in [1.82, 2.24) is 9.97 Å². The van der Waals surface area contributed by atoms with Crippen molar-refractivity contribution >= 4 is 11.3 Å². The molecular weight excluding hydrogens is 421 g/mol. The number of halogens is 3. The summed E-state index contributed by atoms with van der Waals surface area (Å²) in [4.78, 5) is 8.73. The fourth-order valence-corrected chi connectivity index (χ4v) is 4.17. The van der Waals surface area contributed by atoms with Crippen LogP contribution in [0.4, 0.5) is 13.2 Å². The number of unbranched alkanes of at least 4 members (excludes halogenated alkanes) is 2. The standard InChI is InChI=1S/C24H27F3N2OS/c1-2-3-4-13-30-22-11-10-19(14-21(22)24(25,26)27)15-23-29-20(17-31-23)9-5-7-18-8-6-12-28-16-18/h6,8,10-12,14,16-17H,2-5,7,9,13,15H2,1H3. The summed E-state index contributed by atoms with van der Waals surface area (Å²) in [5.74, 6) is -0.0948. The lowest BCUT2D eigenvalue weighted by molar-refractivity contribution is -0.139. The van der Waals surface area contributed by atoms with E-state index in [1.807, 2.05) is 24.6 Å². The molecule has 0 saturated heterocycles. The van der Waals surface area contributed by atoms with Crippen molar-refractivity contribution in [2.24, 2.45) is 0 Å². The maximum Gasteiger partial charge on any atom is 0.419 e. The minimum absolute atomic E-state index is 0.0948. The largest absolute Gasteiger partial charge is 0.493 e. The average molecular weight is 449 g/mol. The highest BCUT2D eigenvalue weighted by Gasteiger charge is 2.34. The molecule has 2 aromatic heterocycles. The van der Waals surface area contributed by atoms with Crippen LogP contribution in [-0.2, 0) is 25.4 Å². The number of ether oxygens (including phenoxy) is 1. The van der Waals surface area contributed by atoms with Gasteiger partial charge in [-0.1, -0.05) is 31.9 Å². The van der Waals surface area contributed by atoms with Crippen molar-refractivity contribution < 1.29 is 17.9 Å². The first-order chi connectivity index (χ1) is 15.0. The van der Waals surface area contributed by atoms with Gasteiger partial charge in [0.2, 0.25) is 0 Å². The molecule has 2 heterocycles. The lowest BCUT2D eigenvalue weighted by Gasteiger charge is -2.15. The van der Waals surface area contributed by atoms with Crippen LogP contribution in [0.15, 0.2) is 48.1 Å². The van der Waals surface area contributed by atoms with Gasteiger partial charge in [0.1, 0.15) is 5.75 Å². The minimum atomic E-state index is -4.45. The number of aromatic nitrogens is 2. The van der Waals surface area contributed by atoms with Gasteiger partial charge in [-0.25, -0.2) is 4.98 Å². The molecule has 0 fully saturated rings. The number of rotatable bonds is 11. The third kappa shape index (κ3) is 7.35. The number of nitrogens with zero attached hydrogens (tertiary/aromatic N) is 2. The van der Waals surface area contributed by atoms with Gasteiger partial charge in [0.25, 0.3) is 0 Å². The van der Waals surface area contributed by atoms with Crippen molar-refractivity contribution in [2.75, 3.05) is 6.61 Å². The number of hydrogen-bond donors (Lipinski definition) is 0. The Kier molecular flexibility index (Phi) is 8.46. The predicted molar refractivity (Wildman–Crippen MR) is 118 cm³/mol. The van der Waals surface area contributed by atoms with Crippen molar-refractivity contribution in [3.63, 3.8) is 0 Å². The highest BCUT2D eigenvalue weighted by atomic mass is 32.1. The lowest BCUT2D eigenvalue weighted by Crippen LogP contribution is -2.10. The molecule has 0 radical (unpaired) electrons. The predicted octanol–water partition coefficient (Wildman–Crippen LogP) is 6.89. The van der Waals surface area contributed by atoms with E-state index < -0.39 is 11.7 Å². The SMILES string of the molecule is CCCCCOc1ccc(Cc2nc(CCCc3cccnc3)cs2)cc1C(F)(F)F. The maximum atomic E-state index is 13.5. The fraction of sp³-hybridized carbons (Fsp3) is 0.417. The second kappa shape index (κ2) is 11.3. The molecule has 166 valence electrons. The number of pyridine rings is 1. The van der Waals surface area contributed by atoms with Crippen LogP contribution in [0.1, 0.15) is 60.0 Å². The number of alkyl halides is 3. The molecule has 3 aromatic rings. The van der Waals surface area contributed by atoms with E-state index in [0.717, 1.165) is 49.2 Å². The summed E-state index contributed by atoms with van der Waals surface area (Å²) in [7, 11) is 0. The molecule has 1 aromatic carbocycles. The summed E-state index contributed by atoms with van der Waals surface area (Å²) >= 11 is 1.49. The van der Waals surface area contributed by atoms with Gasteiger partial charge < -0.3 is 4.74 Å². The minimum Gasteiger partial charge on any atom is -0.493 e. The molecule has 3 nitrogen and oxygen atoms in total. The van der Waals surface area contributed by atoms with Gasteiger partial charge in [0.15, 0.2) is 0 Å². The van der Waals surface area contributed by atoms with Gasteiger partial charge in [-0.3, -0.25) is 4.98 Å². The highest BCUT2D eigenvalue weighted by molar-refractivity contribution is 7.09. The highest BCUT2D eigenvalue weighted by Crippen LogP contribution is 2.37. The maximum absolute atomic E-state index is 13.5. The molecule has 0 bridgehead atoms. The normalized spacial score (nSPS) is 11.6. The number of aryl methyl sites for hydroxylation is 2. The van der Waals surface area contributed by atoms with Crippen LogP contribution in [0.5, 0.6) is 5.75 Å². The van der Waals surface area contributed by atoms with Crippen LogP contribution in [0.3, 0.4) is 0 Å². The van der Waals surface area contributed by atoms with E-state index >= 15 is 0 Å². The van der Waals surface area contributed by atoms with Crippen molar-refractivity contribution in [3.8, 4) is 5.75 Å². The van der Waals surface area contributed by atoms with E-state index in [1.54, 1.807) is 12.3 Å². The van der Waals surface area contributed by atoms with Gasteiger partial charge in [-0.05, 0) is 55.0 Å². The Labute approximate surface area is 185 Å². The lowest BCUT2D eigenvalue weighted by atomic mass is 10.1. The summed E-state index contributed by atoms with van der Waals surface area (Å²) in [5.41, 5.74) is 2.05. The Bertz CT molecular complexity index is 941. The summed E-state index contributed by atoms with van der Waals surface area (Å²) < 4.78 is 46.0. The zero-order valence-corrected chi connectivity index (χ0v) is 18.4. The molecule has 0 aliphatic rings. The Morgan fingerprint density at radius 1 is 1.03 bits per heavy atom. The van der Waals surface area contributed by atoms with Crippen molar-refractivity contribution in [1.29, 1.82) is 0 Å². The third-order valence-corrected chi connectivity index (χ3v) is 5.83. The van der Waals surface area contributed by atoms with Gasteiger partial charge in [-0.15, -0.1) is 11.3 Å². The Morgan fingerprint density at radius 3 is 2.65 bits per heavy atom. The van der Waals surface area contributed by atoms with Crippen LogP contribution >= 0.6 is 11.3 Å². The third-order valence-electron chi connectivity index (χ3n) is 4.93. The molecule has 0 spiro atoms. The molecule has 3 rings (SSSR count). The first-order valence-corrected chi connectivity index (χ1v) is 11.5. The second-order valence-electron chi connectivity index (χ2n) is 7.51. The van der Waals surface area contributed by atoms with Crippen molar-refractivity contribution in [2.45, 2.75) is 58.0 Å². The van der Waals surface area contributed by atoms with E-state index in [9.17, 15) is 13.2 Å². The average Bonchev–Trinajstić information content (AvgIpc) is 3.19. The zero-order valence-electron chi connectivity index (χ0n) is 17.6. The summed E-state index contributed by atoms with van der Waals surface area (Å²) in [6, 6.07) is 8.31. The van der Waals surface area contributed by atoms with Gasteiger partial charge >= 0.3 is 6.18 Å². The molecule has 31 heavy (non-hydrogen) atoms. The first kappa shape index (κ1) is 23.3. The number of thiazole rings is 1. The summed E-state index contributed by atoms with van der Waals surface area (Å²) in [5, 5.41) is 2.81. The Hall–Kier alpha value is -2.41. The summed E-state index contributed by atoms with van der Waals surface area (Å²) in [6.45, 7) is 2.34. The molecule has 0 N–H and O–H groups in total. The molecule has 0 aliphatic carbocycles. The number of hydrogen-bond acceptors (Lipinski definition) is 4. The van der Waals surface area contributed by atoms with E-state index in [1.165, 1.54) is 29.0 Å². The molecule has 0 saturated carbocycles. The van der Waals surface area contributed by atoms with Crippen LogP contribution < -0.4 is 4.74 Å². The Morgan fingerprint density at radius 2 is 1.90 bits per heavy atom. The smallest absolute Gasteiger partial charge is 0.419 e. The van der Waals surface area contributed by atoms with Crippen LogP contribution in [0.25, 0.3) is 0 Å².